The van der Waals surface area contributed by atoms with Gasteiger partial charge in [0.1, 0.15) is 12.4 Å². The Bertz CT molecular complexity index is 196. The Morgan fingerprint density at radius 1 is 1.45 bits per heavy atom. The highest BCUT2D eigenvalue weighted by atomic mass is 31.0. The third kappa shape index (κ3) is 3.52. The number of rotatable bonds is 3. The zero-order chi connectivity index (χ0) is 7.40. The Morgan fingerprint density at radius 2 is 2.18 bits per heavy atom. The summed E-state index contributed by atoms with van der Waals surface area (Å²) >= 11 is 0. The molecule has 0 amide bonds. The quantitative estimate of drug-likeness (QED) is 0.479. The fraction of sp³-hybridized carbons (Fsp3) is 0.625. The third-order valence-corrected chi connectivity index (χ3v) is 1.59. The number of aromatic nitrogens is 2. The number of hydrogen-bond donors (Lipinski definition) is 0. The molecule has 3 heteroatoms. The average Bonchev–Trinajstić information content (AvgIpc) is 2.31. The van der Waals surface area contributed by atoms with Crippen LogP contribution in [0.3, 0.4) is 0 Å². The van der Waals surface area contributed by atoms with Gasteiger partial charge in [-0.15, -0.1) is 0 Å². The molecule has 64 valence electrons. The molecule has 0 aliphatic rings. The van der Waals surface area contributed by atoms with Gasteiger partial charge in [-0.05, 0) is 6.42 Å². The second kappa shape index (κ2) is 5.31. The van der Waals surface area contributed by atoms with Gasteiger partial charge in [-0.3, -0.25) is 0 Å². The largest absolute Gasteiger partial charge is 0.243 e. The van der Waals surface area contributed by atoms with Gasteiger partial charge in [0.25, 0.3) is 0 Å². The normalized spacial score (nSPS) is 9.27. The molecule has 1 aromatic heterocycles. The summed E-state index contributed by atoms with van der Waals surface area (Å²) in [5.41, 5.74) is 0. The maximum absolute atomic E-state index is 2.21. The van der Waals surface area contributed by atoms with Crippen molar-refractivity contribution in [2.45, 2.75) is 26.3 Å². The van der Waals surface area contributed by atoms with E-state index in [1.807, 2.05) is 7.05 Å². The van der Waals surface area contributed by atoms with Gasteiger partial charge >= 0.3 is 0 Å². The minimum atomic E-state index is 0. The second-order valence-corrected chi connectivity index (χ2v) is 2.67. The van der Waals surface area contributed by atoms with E-state index in [-0.39, 0.29) is 9.90 Å². The first-order valence-corrected chi connectivity index (χ1v) is 3.84. The highest BCUT2D eigenvalue weighted by Gasteiger charge is 1.96. The van der Waals surface area contributed by atoms with Gasteiger partial charge in [0.2, 0.25) is 6.33 Å². The molecule has 1 heterocycles. The van der Waals surface area contributed by atoms with E-state index in [1.54, 1.807) is 0 Å². The molecular weight excluding hydrogens is 155 g/mol. The van der Waals surface area contributed by atoms with E-state index in [4.69, 9.17) is 0 Å². The van der Waals surface area contributed by atoms with E-state index in [2.05, 4.69) is 34.8 Å². The smallest absolute Gasteiger partial charge is 0.240 e. The highest BCUT2D eigenvalue weighted by molar-refractivity contribution is 6.92. The van der Waals surface area contributed by atoms with Crippen LogP contribution in [0.15, 0.2) is 18.7 Å². The second-order valence-electron chi connectivity index (χ2n) is 2.67. The standard InChI is InChI=1S/C8H15N2.H3P/c1-3-4-5-10-7-6-9(2)8-10;/h6-8H,3-5H2,1-2H3;1H3/q+1;. The highest BCUT2D eigenvalue weighted by Crippen LogP contribution is 1.91. The summed E-state index contributed by atoms with van der Waals surface area (Å²) in [6.45, 7) is 3.36. The van der Waals surface area contributed by atoms with E-state index in [1.165, 1.54) is 12.8 Å². The van der Waals surface area contributed by atoms with Gasteiger partial charge in [0, 0.05) is 0 Å². The number of aryl methyl sites for hydroxylation is 2. The molecule has 0 aromatic carbocycles. The fourth-order valence-electron chi connectivity index (χ4n) is 0.975. The van der Waals surface area contributed by atoms with E-state index in [0.717, 1.165) is 6.54 Å². The van der Waals surface area contributed by atoms with Crippen LogP contribution in [0.4, 0.5) is 0 Å². The van der Waals surface area contributed by atoms with Crippen LogP contribution in [0.1, 0.15) is 19.8 Å². The molecule has 1 unspecified atom stereocenters. The monoisotopic (exact) mass is 173 g/mol. The van der Waals surface area contributed by atoms with Crippen molar-refractivity contribution in [1.29, 1.82) is 0 Å². The van der Waals surface area contributed by atoms with Crippen molar-refractivity contribution in [3.05, 3.63) is 18.7 Å². The molecule has 1 atom stereocenters. The summed E-state index contributed by atoms with van der Waals surface area (Å²) < 4.78 is 4.28. The molecule has 11 heavy (non-hydrogen) atoms. The number of hydrogen-bond acceptors (Lipinski definition) is 0. The van der Waals surface area contributed by atoms with Crippen LogP contribution in [0.25, 0.3) is 0 Å². The van der Waals surface area contributed by atoms with Gasteiger partial charge in [-0.1, -0.05) is 13.3 Å². The first-order chi connectivity index (χ1) is 4.83. The minimum Gasteiger partial charge on any atom is -0.240 e. The van der Waals surface area contributed by atoms with E-state index in [0.29, 0.717) is 0 Å². The molecule has 0 bridgehead atoms. The topological polar surface area (TPSA) is 8.81 Å². The Labute approximate surface area is 71.9 Å². The Hall–Kier alpha value is -0.360. The van der Waals surface area contributed by atoms with Crippen LogP contribution in [0.2, 0.25) is 0 Å². The van der Waals surface area contributed by atoms with E-state index >= 15 is 0 Å². The minimum absolute atomic E-state index is 0. The van der Waals surface area contributed by atoms with Crippen molar-refractivity contribution < 1.29 is 4.57 Å². The molecule has 0 aliphatic heterocycles. The molecule has 0 saturated carbocycles. The summed E-state index contributed by atoms with van der Waals surface area (Å²) in [6.07, 6.45) is 8.82. The van der Waals surface area contributed by atoms with Gasteiger partial charge in [0.15, 0.2) is 0 Å². The third-order valence-electron chi connectivity index (χ3n) is 1.59. The summed E-state index contributed by atoms with van der Waals surface area (Å²) in [4.78, 5) is 0. The summed E-state index contributed by atoms with van der Waals surface area (Å²) in [5, 5.41) is 0. The predicted octanol–water partition coefficient (Wildman–Crippen LogP) is 1.17. The molecule has 0 saturated heterocycles. The lowest BCUT2D eigenvalue weighted by Crippen LogP contribution is -2.23. The molecule has 2 nitrogen and oxygen atoms in total. The fourth-order valence-corrected chi connectivity index (χ4v) is 0.975. The summed E-state index contributed by atoms with van der Waals surface area (Å²) in [7, 11) is 2.04. The van der Waals surface area contributed by atoms with Gasteiger partial charge < -0.3 is 0 Å². The van der Waals surface area contributed by atoms with Crippen LogP contribution in [-0.2, 0) is 13.6 Å². The molecular formula is C8H18N2P+. The van der Waals surface area contributed by atoms with Crippen LogP contribution >= 0.6 is 9.90 Å². The van der Waals surface area contributed by atoms with Gasteiger partial charge in [-0.25, -0.2) is 9.13 Å². The van der Waals surface area contributed by atoms with Gasteiger partial charge in [0.05, 0.1) is 13.6 Å². The van der Waals surface area contributed by atoms with Crippen molar-refractivity contribution in [2.24, 2.45) is 7.05 Å². The van der Waals surface area contributed by atoms with Crippen LogP contribution in [0, 0.1) is 0 Å². The molecule has 0 spiro atoms. The van der Waals surface area contributed by atoms with Crippen molar-refractivity contribution in [3.8, 4) is 0 Å². The maximum atomic E-state index is 2.21. The first kappa shape index (κ1) is 10.6. The van der Waals surface area contributed by atoms with Crippen molar-refractivity contribution in [2.75, 3.05) is 0 Å². The Balaban J connectivity index is 0.000001000. The molecule has 0 N–H and O–H groups in total. The number of unbranched alkanes of at least 4 members (excludes halogenated alkanes) is 1. The predicted molar refractivity (Wildman–Crippen MR) is 51.6 cm³/mol. The lowest BCUT2D eigenvalue weighted by Gasteiger charge is -1.90. The SMILES string of the molecule is CCCCn1cc[n+](C)c1.P. The van der Waals surface area contributed by atoms with Gasteiger partial charge in [-0.2, -0.15) is 9.90 Å². The zero-order valence-electron chi connectivity index (χ0n) is 7.45. The van der Waals surface area contributed by atoms with E-state index < -0.39 is 0 Å². The molecule has 0 radical (unpaired) electrons. The molecule has 1 rings (SSSR count). The summed E-state index contributed by atoms with van der Waals surface area (Å²) in [5.74, 6) is 0. The van der Waals surface area contributed by atoms with Crippen LogP contribution in [0.5, 0.6) is 0 Å². The number of imidazole rings is 1. The molecule has 0 fully saturated rings. The maximum Gasteiger partial charge on any atom is 0.243 e. The average molecular weight is 173 g/mol. The zero-order valence-corrected chi connectivity index (χ0v) is 8.87. The Morgan fingerprint density at radius 3 is 2.64 bits per heavy atom. The van der Waals surface area contributed by atoms with Crippen molar-refractivity contribution in [3.63, 3.8) is 0 Å². The van der Waals surface area contributed by atoms with Crippen molar-refractivity contribution in [1.82, 2.24) is 4.57 Å². The molecule has 0 aliphatic carbocycles. The van der Waals surface area contributed by atoms with Crippen LogP contribution in [-0.4, -0.2) is 4.57 Å². The number of nitrogens with zero attached hydrogens (tertiary/aromatic N) is 2. The first-order valence-electron chi connectivity index (χ1n) is 3.84. The summed E-state index contributed by atoms with van der Waals surface area (Å²) in [6, 6.07) is 0. The van der Waals surface area contributed by atoms with Crippen LogP contribution < -0.4 is 4.57 Å². The van der Waals surface area contributed by atoms with Crippen molar-refractivity contribution >= 4 is 9.90 Å². The lowest BCUT2D eigenvalue weighted by molar-refractivity contribution is -0.671. The van der Waals surface area contributed by atoms with E-state index in [9.17, 15) is 0 Å². The molecule has 1 aromatic rings. The Kier molecular flexibility index (Phi) is 5.14. The lowest BCUT2D eigenvalue weighted by atomic mass is 10.3.